The maximum absolute atomic E-state index is 6.83. The van der Waals surface area contributed by atoms with Crippen LogP contribution in [0.4, 0.5) is 17.1 Å². The third kappa shape index (κ3) is 5.89. The molecule has 0 saturated carbocycles. The Kier molecular flexibility index (Phi) is 8.49. The summed E-state index contributed by atoms with van der Waals surface area (Å²) in [5.41, 5.74) is 19.1. The van der Waals surface area contributed by atoms with Gasteiger partial charge < -0.3 is 13.9 Å². The number of fused-ring (bicyclic) bond motifs is 6. The molecule has 0 radical (unpaired) electrons. The van der Waals surface area contributed by atoms with Crippen molar-refractivity contribution in [2.24, 2.45) is 0 Å². The van der Waals surface area contributed by atoms with Gasteiger partial charge in [0, 0.05) is 49.9 Å². The van der Waals surface area contributed by atoms with Crippen molar-refractivity contribution in [3.8, 4) is 39.1 Å². The minimum Gasteiger partial charge on any atom is -0.455 e. The van der Waals surface area contributed by atoms with Crippen LogP contribution in [-0.2, 0) is 0 Å². The summed E-state index contributed by atoms with van der Waals surface area (Å²) in [7, 11) is 0. The van der Waals surface area contributed by atoms with Crippen LogP contribution in [0.15, 0.2) is 205 Å². The van der Waals surface area contributed by atoms with E-state index in [1.54, 1.807) is 0 Å². The summed E-state index contributed by atoms with van der Waals surface area (Å²) in [5, 5.41) is 4.67. The summed E-state index contributed by atoms with van der Waals surface area (Å²) in [6.07, 6.45) is 0. The third-order valence-corrected chi connectivity index (χ3v) is 12.1. The molecule has 60 heavy (non-hydrogen) atoms. The molecule has 9 aromatic carbocycles. The summed E-state index contributed by atoms with van der Waals surface area (Å²) in [4.78, 5) is 2.46. The lowest BCUT2D eigenvalue weighted by atomic mass is 9.95. The molecule has 0 atom stereocenters. The Morgan fingerprint density at radius 1 is 0.383 bits per heavy atom. The van der Waals surface area contributed by atoms with Gasteiger partial charge in [-0.15, -0.1) is 0 Å². The Balaban J connectivity index is 1.16. The summed E-state index contributed by atoms with van der Waals surface area (Å²) < 4.78 is 9.21. The smallest absolute Gasteiger partial charge is 0.143 e. The molecule has 11 rings (SSSR count). The van der Waals surface area contributed by atoms with Gasteiger partial charge in [-0.2, -0.15) is 0 Å². The van der Waals surface area contributed by atoms with Gasteiger partial charge in [0.15, 0.2) is 0 Å². The number of furan rings is 1. The zero-order valence-electron chi connectivity index (χ0n) is 33.9. The quantitative estimate of drug-likeness (QED) is 0.161. The molecule has 3 nitrogen and oxygen atoms in total. The Hall–Kier alpha value is -7.62. The molecule has 11 aromatic rings. The summed E-state index contributed by atoms with van der Waals surface area (Å²) in [6.45, 7) is 6.70. The number of hydrogen-bond acceptors (Lipinski definition) is 2. The van der Waals surface area contributed by atoms with E-state index in [4.69, 9.17) is 4.42 Å². The van der Waals surface area contributed by atoms with Crippen molar-refractivity contribution in [1.82, 2.24) is 4.57 Å². The maximum Gasteiger partial charge on any atom is 0.143 e. The Bertz CT molecular complexity index is 3360. The van der Waals surface area contributed by atoms with Crippen LogP contribution in [0, 0.1) is 20.8 Å². The molecule has 2 aromatic heterocycles. The first-order valence-corrected chi connectivity index (χ1v) is 20.7. The molecule has 3 heteroatoms. The Morgan fingerprint density at radius 2 is 1.00 bits per heavy atom. The van der Waals surface area contributed by atoms with Crippen molar-refractivity contribution in [3.05, 3.63) is 217 Å². The summed E-state index contributed by atoms with van der Waals surface area (Å²) in [6, 6.07) is 72.3. The number of hydrogen-bond donors (Lipinski definition) is 0. The normalized spacial score (nSPS) is 11.6. The first-order valence-electron chi connectivity index (χ1n) is 20.7. The average molecular weight is 771 g/mol. The molecule has 0 spiro atoms. The molecule has 0 amide bonds. The van der Waals surface area contributed by atoms with Crippen LogP contribution in [0.25, 0.3) is 82.8 Å². The van der Waals surface area contributed by atoms with E-state index in [1.165, 1.54) is 60.8 Å². The van der Waals surface area contributed by atoms with E-state index in [-0.39, 0.29) is 0 Å². The van der Waals surface area contributed by atoms with Gasteiger partial charge in [-0.05, 0) is 132 Å². The monoisotopic (exact) mass is 770 g/mol. The second-order valence-electron chi connectivity index (χ2n) is 15.9. The van der Waals surface area contributed by atoms with Crippen LogP contribution in [0.1, 0.15) is 16.7 Å². The molecule has 2 heterocycles. The highest BCUT2D eigenvalue weighted by Gasteiger charge is 2.23. The van der Waals surface area contributed by atoms with Gasteiger partial charge in [-0.25, -0.2) is 0 Å². The van der Waals surface area contributed by atoms with Crippen LogP contribution in [0.2, 0.25) is 0 Å². The van der Waals surface area contributed by atoms with E-state index >= 15 is 0 Å². The van der Waals surface area contributed by atoms with E-state index in [0.717, 1.165) is 55.8 Å². The van der Waals surface area contributed by atoms with E-state index in [1.807, 2.05) is 0 Å². The van der Waals surface area contributed by atoms with E-state index < -0.39 is 0 Å². The summed E-state index contributed by atoms with van der Waals surface area (Å²) >= 11 is 0. The first-order chi connectivity index (χ1) is 29.5. The van der Waals surface area contributed by atoms with Gasteiger partial charge >= 0.3 is 0 Å². The van der Waals surface area contributed by atoms with Crippen LogP contribution < -0.4 is 4.90 Å². The van der Waals surface area contributed by atoms with Crippen molar-refractivity contribution in [1.29, 1.82) is 0 Å². The first kappa shape index (κ1) is 35.5. The molecule has 0 saturated heterocycles. The minimum absolute atomic E-state index is 0.874. The van der Waals surface area contributed by atoms with Crippen molar-refractivity contribution < 1.29 is 4.42 Å². The average Bonchev–Trinajstić information content (AvgIpc) is 3.84. The molecule has 0 fully saturated rings. The highest BCUT2D eigenvalue weighted by atomic mass is 16.3. The fourth-order valence-electron chi connectivity index (χ4n) is 9.26. The molecule has 0 bridgehead atoms. The van der Waals surface area contributed by atoms with E-state index in [0.29, 0.717) is 0 Å². The standard InChI is InChI=1S/C57H42N2O/c1-37-33-55(39(3)32-49(37)41-19-8-5-9-20-41)59(52-30-29-42(31-38(52)2)40-17-6-4-7-18-40)45-35-50(57-51(36-45)48-25-12-15-28-56(48)60-57)43-21-16-22-44(34-43)58-53-26-13-10-23-46(53)47-24-11-14-27-54(47)58/h4-36H,1-3H3. The minimum atomic E-state index is 0.874. The van der Waals surface area contributed by atoms with Crippen LogP contribution >= 0.6 is 0 Å². The molecule has 286 valence electrons. The van der Waals surface area contributed by atoms with Crippen LogP contribution in [0.5, 0.6) is 0 Å². The number of rotatable bonds is 7. The zero-order valence-corrected chi connectivity index (χ0v) is 33.9. The van der Waals surface area contributed by atoms with Gasteiger partial charge in [0.25, 0.3) is 0 Å². The molecular weight excluding hydrogens is 729 g/mol. The van der Waals surface area contributed by atoms with Crippen molar-refractivity contribution in [2.75, 3.05) is 4.90 Å². The SMILES string of the molecule is Cc1cc(N(c2cc(-c3cccc(-n4c5ccccc5c5ccccc54)c3)c3oc4ccccc4c3c2)c2ccc(-c3ccccc3)cc2C)c(C)cc1-c1ccccc1. The van der Waals surface area contributed by atoms with Gasteiger partial charge in [0.2, 0.25) is 0 Å². The number of aromatic nitrogens is 1. The lowest BCUT2D eigenvalue weighted by molar-refractivity contribution is 0.670. The second kappa shape index (κ2) is 14.3. The van der Waals surface area contributed by atoms with Gasteiger partial charge in [-0.1, -0.05) is 133 Å². The topological polar surface area (TPSA) is 21.3 Å². The highest BCUT2D eigenvalue weighted by Crippen LogP contribution is 2.47. The van der Waals surface area contributed by atoms with Gasteiger partial charge in [0.1, 0.15) is 11.2 Å². The number of anilines is 3. The third-order valence-electron chi connectivity index (χ3n) is 12.1. The van der Waals surface area contributed by atoms with Crippen molar-refractivity contribution >= 4 is 60.8 Å². The maximum atomic E-state index is 6.83. The largest absolute Gasteiger partial charge is 0.455 e. The van der Waals surface area contributed by atoms with E-state index in [2.05, 4.69) is 230 Å². The molecular formula is C57H42N2O. The number of aryl methyl sites for hydroxylation is 3. The molecule has 0 aliphatic rings. The number of benzene rings is 9. The molecule has 0 aliphatic carbocycles. The predicted molar refractivity (Wildman–Crippen MR) is 253 cm³/mol. The predicted octanol–water partition coefficient (Wildman–Crippen LogP) is 16.1. The Morgan fingerprint density at radius 3 is 1.72 bits per heavy atom. The van der Waals surface area contributed by atoms with Gasteiger partial charge in [-0.3, -0.25) is 0 Å². The Labute approximate surface area is 350 Å². The van der Waals surface area contributed by atoms with E-state index in [9.17, 15) is 0 Å². The van der Waals surface area contributed by atoms with Crippen LogP contribution in [0.3, 0.4) is 0 Å². The van der Waals surface area contributed by atoms with Crippen molar-refractivity contribution in [2.45, 2.75) is 20.8 Å². The summed E-state index contributed by atoms with van der Waals surface area (Å²) in [5.74, 6) is 0. The number of nitrogens with zero attached hydrogens (tertiary/aromatic N) is 2. The molecule has 0 aliphatic heterocycles. The zero-order chi connectivity index (χ0) is 40.3. The van der Waals surface area contributed by atoms with Crippen molar-refractivity contribution in [3.63, 3.8) is 0 Å². The lowest BCUT2D eigenvalue weighted by Gasteiger charge is -2.30. The lowest BCUT2D eigenvalue weighted by Crippen LogP contribution is -2.13. The molecule has 0 unspecified atom stereocenters. The van der Waals surface area contributed by atoms with Gasteiger partial charge in [0.05, 0.1) is 11.0 Å². The molecule has 0 N–H and O–H groups in total. The fraction of sp³-hybridized carbons (Fsp3) is 0.0526. The second-order valence-corrected chi connectivity index (χ2v) is 15.9. The fourth-order valence-corrected chi connectivity index (χ4v) is 9.26. The van der Waals surface area contributed by atoms with Crippen LogP contribution in [-0.4, -0.2) is 4.57 Å². The highest BCUT2D eigenvalue weighted by molar-refractivity contribution is 6.12. The number of para-hydroxylation sites is 3.